The smallest absolute Gasteiger partial charge is 0.0847 e. The summed E-state index contributed by atoms with van der Waals surface area (Å²) in [6, 6.07) is 3.84. The van der Waals surface area contributed by atoms with Crippen molar-refractivity contribution in [3.63, 3.8) is 0 Å². The molecule has 0 amide bonds. The van der Waals surface area contributed by atoms with Gasteiger partial charge in [0.2, 0.25) is 0 Å². The summed E-state index contributed by atoms with van der Waals surface area (Å²) in [6.45, 7) is 3.91. The molecule has 0 radical (unpaired) electrons. The molecular formula is C13H18ClN5. The largest absolute Gasteiger partial charge is 0.271 e. The van der Waals surface area contributed by atoms with Crippen LogP contribution in [0.2, 0.25) is 5.02 Å². The van der Waals surface area contributed by atoms with Crippen molar-refractivity contribution < 1.29 is 0 Å². The first-order chi connectivity index (χ1) is 9.04. The highest BCUT2D eigenvalue weighted by atomic mass is 35.5. The van der Waals surface area contributed by atoms with Crippen LogP contribution in [-0.4, -0.2) is 14.8 Å². The molecule has 0 aromatic carbocycles. The summed E-state index contributed by atoms with van der Waals surface area (Å²) >= 11 is 6.27. The highest BCUT2D eigenvalue weighted by Gasteiger charge is 2.19. The molecule has 0 aliphatic carbocycles. The number of aromatic nitrogens is 3. The summed E-state index contributed by atoms with van der Waals surface area (Å²) < 4.78 is 1.79. The van der Waals surface area contributed by atoms with Crippen molar-refractivity contribution >= 4 is 11.6 Å². The van der Waals surface area contributed by atoms with Crippen molar-refractivity contribution in [3.8, 4) is 0 Å². The number of rotatable bonds is 4. The molecule has 0 aliphatic heterocycles. The van der Waals surface area contributed by atoms with E-state index in [1.807, 2.05) is 33.0 Å². The maximum Gasteiger partial charge on any atom is 0.0847 e. The average molecular weight is 280 g/mol. The summed E-state index contributed by atoms with van der Waals surface area (Å²) in [4.78, 5) is 4.40. The van der Waals surface area contributed by atoms with Crippen LogP contribution in [0.5, 0.6) is 0 Å². The summed E-state index contributed by atoms with van der Waals surface area (Å²) in [5.41, 5.74) is 6.61. The van der Waals surface area contributed by atoms with Crippen LogP contribution in [0.3, 0.4) is 0 Å². The van der Waals surface area contributed by atoms with Gasteiger partial charge < -0.3 is 0 Å². The molecule has 2 heterocycles. The average Bonchev–Trinajstić information content (AvgIpc) is 2.63. The molecule has 2 aromatic rings. The molecule has 2 rings (SSSR count). The van der Waals surface area contributed by atoms with Crippen LogP contribution in [0.4, 0.5) is 0 Å². The van der Waals surface area contributed by atoms with E-state index in [2.05, 4.69) is 15.5 Å². The molecule has 0 spiro atoms. The Bertz CT molecular complexity index is 578. The van der Waals surface area contributed by atoms with E-state index in [0.29, 0.717) is 11.4 Å². The van der Waals surface area contributed by atoms with Gasteiger partial charge in [-0.25, -0.2) is 0 Å². The van der Waals surface area contributed by atoms with Gasteiger partial charge in [-0.15, -0.1) is 0 Å². The first-order valence-corrected chi connectivity index (χ1v) is 6.48. The van der Waals surface area contributed by atoms with Gasteiger partial charge in [0.15, 0.2) is 0 Å². The Hall–Kier alpha value is -1.43. The third-order valence-corrected chi connectivity index (χ3v) is 3.73. The fraction of sp³-hybridized carbons (Fsp3) is 0.385. The number of nitrogens with one attached hydrogen (secondary N) is 1. The van der Waals surface area contributed by atoms with E-state index in [-0.39, 0.29) is 6.04 Å². The van der Waals surface area contributed by atoms with E-state index in [4.69, 9.17) is 17.4 Å². The second kappa shape index (κ2) is 5.69. The van der Waals surface area contributed by atoms with E-state index < -0.39 is 0 Å². The second-order valence-electron chi connectivity index (χ2n) is 4.60. The minimum Gasteiger partial charge on any atom is -0.271 e. The number of hydrazine groups is 1. The Morgan fingerprint density at radius 2 is 2.21 bits per heavy atom. The lowest BCUT2D eigenvalue weighted by atomic mass is 10.0. The van der Waals surface area contributed by atoms with Crippen LogP contribution in [0.25, 0.3) is 0 Å². The number of hydrogen-bond donors (Lipinski definition) is 2. The lowest BCUT2D eigenvalue weighted by Crippen LogP contribution is -2.31. The normalized spacial score (nSPS) is 12.7. The number of aryl methyl sites for hydroxylation is 3. The first-order valence-electron chi connectivity index (χ1n) is 6.10. The van der Waals surface area contributed by atoms with E-state index in [9.17, 15) is 0 Å². The van der Waals surface area contributed by atoms with Crippen molar-refractivity contribution in [2.75, 3.05) is 0 Å². The Balaban J connectivity index is 2.32. The molecule has 19 heavy (non-hydrogen) atoms. The molecule has 6 heteroatoms. The number of nitrogens with two attached hydrogens (primary N) is 1. The van der Waals surface area contributed by atoms with Gasteiger partial charge in [0.25, 0.3) is 0 Å². The van der Waals surface area contributed by atoms with Gasteiger partial charge in [-0.05, 0) is 25.5 Å². The number of halogens is 1. The highest BCUT2D eigenvalue weighted by molar-refractivity contribution is 6.31. The fourth-order valence-corrected chi connectivity index (χ4v) is 2.43. The summed E-state index contributed by atoms with van der Waals surface area (Å²) in [6.07, 6.45) is 2.41. The zero-order valence-electron chi connectivity index (χ0n) is 11.3. The second-order valence-corrected chi connectivity index (χ2v) is 4.98. The van der Waals surface area contributed by atoms with Gasteiger partial charge in [-0.1, -0.05) is 17.7 Å². The quantitative estimate of drug-likeness (QED) is 0.662. The molecule has 1 unspecified atom stereocenters. The molecule has 0 aliphatic rings. The molecule has 3 N–H and O–H groups in total. The van der Waals surface area contributed by atoms with Crippen LogP contribution in [-0.2, 0) is 13.5 Å². The Labute approximate surface area is 117 Å². The topological polar surface area (TPSA) is 68.8 Å². The van der Waals surface area contributed by atoms with Gasteiger partial charge in [-0.3, -0.25) is 20.9 Å². The van der Waals surface area contributed by atoms with Crippen LogP contribution in [0.15, 0.2) is 18.3 Å². The van der Waals surface area contributed by atoms with E-state index in [1.165, 1.54) is 0 Å². The molecule has 0 saturated heterocycles. The third-order valence-electron chi connectivity index (χ3n) is 3.24. The van der Waals surface area contributed by atoms with Crippen molar-refractivity contribution in [1.82, 2.24) is 20.2 Å². The Kier molecular flexibility index (Phi) is 4.19. The van der Waals surface area contributed by atoms with E-state index in [0.717, 1.165) is 22.6 Å². The fourth-order valence-electron chi connectivity index (χ4n) is 2.19. The zero-order chi connectivity index (χ0) is 14.0. The summed E-state index contributed by atoms with van der Waals surface area (Å²) in [5, 5.41) is 5.00. The Morgan fingerprint density at radius 3 is 2.74 bits per heavy atom. The van der Waals surface area contributed by atoms with Gasteiger partial charge >= 0.3 is 0 Å². The van der Waals surface area contributed by atoms with Gasteiger partial charge in [0.1, 0.15) is 0 Å². The molecule has 0 fully saturated rings. The predicted octanol–water partition coefficient (Wildman–Crippen LogP) is 1.83. The maximum atomic E-state index is 6.27. The lowest BCUT2D eigenvalue weighted by Gasteiger charge is -2.17. The van der Waals surface area contributed by atoms with Crippen LogP contribution in [0.1, 0.15) is 28.7 Å². The van der Waals surface area contributed by atoms with Crippen LogP contribution >= 0.6 is 11.6 Å². The minimum atomic E-state index is -0.0894. The molecule has 5 nitrogen and oxygen atoms in total. The third kappa shape index (κ3) is 2.78. The minimum absolute atomic E-state index is 0.0894. The lowest BCUT2D eigenvalue weighted by molar-refractivity contribution is 0.516. The van der Waals surface area contributed by atoms with Crippen LogP contribution in [0, 0.1) is 13.8 Å². The number of nitrogens with zero attached hydrogens (tertiary/aromatic N) is 3. The van der Waals surface area contributed by atoms with Crippen molar-refractivity contribution in [2.45, 2.75) is 26.3 Å². The van der Waals surface area contributed by atoms with Gasteiger partial charge in [-0.2, -0.15) is 5.10 Å². The van der Waals surface area contributed by atoms with E-state index >= 15 is 0 Å². The van der Waals surface area contributed by atoms with E-state index in [1.54, 1.807) is 10.9 Å². The summed E-state index contributed by atoms with van der Waals surface area (Å²) in [5.74, 6) is 5.67. The monoisotopic (exact) mass is 279 g/mol. The molecule has 0 bridgehead atoms. The number of pyridine rings is 1. The van der Waals surface area contributed by atoms with Crippen LogP contribution < -0.4 is 11.3 Å². The molecular weight excluding hydrogens is 262 g/mol. The Morgan fingerprint density at radius 1 is 1.47 bits per heavy atom. The molecule has 1 atom stereocenters. The predicted molar refractivity (Wildman–Crippen MR) is 75.7 cm³/mol. The molecule has 102 valence electrons. The first kappa shape index (κ1) is 14.0. The maximum absolute atomic E-state index is 6.27. The van der Waals surface area contributed by atoms with Crippen molar-refractivity contribution in [3.05, 3.63) is 46.0 Å². The molecule has 0 saturated carbocycles. The zero-order valence-corrected chi connectivity index (χ0v) is 12.1. The van der Waals surface area contributed by atoms with Gasteiger partial charge in [0.05, 0.1) is 28.1 Å². The van der Waals surface area contributed by atoms with Gasteiger partial charge in [0, 0.05) is 19.7 Å². The number of hydrogen-bond acceptors (Lipinski definition) is 4. The highest BCUT2D eigenvalue weighted by Crippen LogP contribution is 2.25. The van der Waals surface area contributed by atoms with Crippen molar-refractivity contribution in [2.24, 2.45) is 12.9 Å². The standard InChI is InChI=1S/C13H18ClN5/c1-8-5-4-6-16-13(8)10(17-15)7-11-12(14)9(2)18-19(11)3/h4-6,10,17H,7,15H2,1-3H3. The SMILES string of the molecule is Cc1cccnc1C(Cc1c(Cl)c(C)nn1C)NN. The summed E-state index contributed by atoms with van der Waals surface area (Å²) in [7, 11) is 1.88. The molecule has 2 aromatic heterocycles. The van der Waals surface area contributed by atoms with Crippen molar-refractivity contribution in [1.29, 1.82) is 0 Å².